The Balaban J connectivity index is 4.34. The fourth-order valence-electron chi connectivity index (χ4n) is 1.42. The number of nitrogens with two attached hydrogens (primary N) is 1. The number of hydrogen-bond donors (Lipinski definition) is 3. The predicted octanol–water partition coefficient (Wildman–Crippen LogP) is 0.00250. The van der Waals surface area contributed by atoms with Crippen LogP contribution >= 0.6 is 0 Å². The van der Waals surface area contributed by atoms with Crippen LogP contribution in [-0.4, -0.2) is 47.0 Å². The molecule has 0 aliphatic carbocycles. The molecule has 0 saturated heterocycles. The highest BCUT2D eigenvalue weighted by molar-refractivity contribution is 5.78. The Morgan fingerprint density at radius 1 is 1.33 bits per heavy atom. The molecule has 0 saturated carbocycles. The van der Waals surface area contributed by atoms with Gasteiger partial charge in [-0.1, -0.05) is 6.92 Å². The molecule has 2 unspecified atom stereocenters. The van der Waals surface area contributed by atoms with E-state index in [1.807, 2.05) is 0 Å². The van der Waals surface area contributed by atoms with Crippen LogP contribution in [-0.2, 0) is 9.59 Å². The van der Waals surface area contributed by atoms with Crippen molar-refractivity contribution in [3.05, 3.63) is 0 Å². The number of carboxylic acid groups (broad SMARTS) is 1. The molecule has 0 fully saturated rings. The quantitative estimate of drug-likeness (QED) is 0.597. The zero-order valence-corrected chi connectivity index (χ0v) is 11.0. The molecule has 0 radical (unpaired) electrons. The maximum absolute atomic E-state index is 11.8. The van der Waals surface area contributed by atoms with E-state index in [1.54, 1.807) is 13.8 Å². The van der Waals surface area contributed by atoms with Crippen molar-refractivity contribution < 1.29 is 19.5 Å². The second kappa shape index (κ2) is 7.52. The lowest BCUT2D eigenvalue weighted by Crippen LogP contribution is -2.47. The van der Waals surface area contributed by atoms with Crippen LogP contribution < -0.4 is 11.1 Å². The Hall–Kier alpha value is -1.79. The number of nitrogens with zero attached hydrogens (tertiary/aromatic N) is 1. The van der Waals surface area contributed by atoms with Crippen LogP contribution in [0.3, 0.4) is 0 Å². The number of rotatable bonds is 7. The number of hydrogen-bond acceptors (Lipinski definition) is 3. The van der Waals surface area contributed by atoms with Crippen molar-refractivity contribution in [2.24, 2.45) is 11.7 Å². The predicted molar refractivity (Wildman–Crippen MR) is 65.9 cm³/mol. The molecular weight excluding hydrogens is 238 g/mol. The van der Waals surface area contributed by atoms with Crippen LogP contribution in [0.4, 0.5) is 4.79 Å². The summed E-state index contributed by atoms with van der Waals surface area (Å²) in [5.41, 5.74) is 5.02. The van der Waals surface area contributed by atoms with Crippen LogP contribution in [0.1, 0.15) is 27.2 Å². The fourth-order valence-corrected chi connectivity index (χ4v) is 1.42. The Morgan fingerprint density at radius 3 is 2.28 bits per heavy atom. The van der Waals surface area contributed by atoms with Crippen molar-refractivity contribution in [2.75, 3.05) is 13.1 Å². The van der Waals surface area contributed by atoms with Gasteiger partial charge in [0.2, 0.25) is 5.91 Å². The van der Waals surface area contributed by atoms with Crippen LogP contribution in [0, 0.1) is 5.92 Å². The number of aliphatic carboxylic acids is 1. The summed E-state index contributed by atoms with van der Waals surface area (Å²) in [6.07, 6.45) is 0.0534. The Bertz CT molecular complexity index is 319. The minimum atomic E-state index is -0.952. The zero-order chi connectivity index (χ0) is 14.3. The zero-order valence-electron chi connectivity index (χ0n) is 11.0. The van der Waals surface area contributed by atoms with E-state index in [4.69, 9.17) is 10.8 Å². The van der Waals surface area contributed by atoms with Gasteiger partial charge in [-0.05, 0) is 13.8 Å². The van der Waals surface area contributed by atoms with Crippen LogP contribution in [0.2, 0.25) is 0 Å². The number of primary amides is 1. The lowest BCUT2D eigenvalue weighted by molar-refractivity contribution is -0.141. The molecule has 0 bridgehead atoms. The molecule has 4 N–H and O–H groups in total. The molecule has 0 aromatic heterocycles. The number of amides is 3. The molecule has 0 rings (SSSR count). The number of urea groups is 1. The molecule has 18 heavy (non-hydrogen) atoms. The first kappa shape index (κ1) is 16.2. The first-order valence-corrected chi connectivity index (χ1v) is 5.84. The molecule has 104 valence electrons. The van der Waals surface area contributed by atoms with Gasteiger partial charge in [0.15, 0.2) is 0 Å². The van der Waals surface area contributed by atoms with Gasteiger partial charge in [-0.15, -0.1) is 0 Å². The maximum atomic E-state index is 11.8. The highest BCUT2D eigenvalue weighted by Gasteiger charge is 2.20. The third-order valence-electron chi connectivity index (χ3n) is 2.46. The van der Waals surface area contributed by atoms with Crippen molar-refractivity contribution in [2.45, 2.75) is 33.2 Å². The lowest BCUT2D eigenvalue weighted by Gasteiger charge is -2.25. The standard InChI is InChI=1S/C11H21N3O4/c1-4-14(6-7(2)10(16)17)11(18)13-8(3)5-9(12)15/h7-8H,4-6H2,1-3H3,(H2,12,15)(H,13,18)(H,16,17). The summed E-state index contributed by atoms with van der Waals surface area (Å²) in [7, 11) is 0. The van der Waals surface area contributed by atoms with Gasteiger partial charge >= 0.3 is 12.0 Å². The van der Waals surface area contributed by atoms with Gasteiger partial charge in [-0.25, -0.2) is 4.79 Å². The molecule has 7 nitrogen and oxygen atoms in total. The molecule has 0 spiro atoms. The van der Waals surface area contributed by atoms with Crippen molar-refractivity contribution in [1.82, 2.24) is 10.2 Å². The Labute approximate surface area is 106 Å². The number of carbonyl (C=O) groups is 3. The minimum absolute atomic E-state index is 0.0534. The minimum Gasteiger partial charge on any atom is -0.481 e. The van der Waals surface area contributed by atoms with E-state index < -0.39 is 17.8 Å². The normalized spacial score (nSPS) is 13.5. The van der Waals surface area contributed by atoms with Crippen molar-refractivity contribution >= 4 is 17.9 Å². The topological polar surface area (TPSA) is 113 Å². The first-order chi connectivity index (χ1) is 8.27. The highest BCUT2D eigenvalue weighted by Crippen LogP contribution is 2.02. The molecule has 0 aromatic rings. The smallest absolute Gasteiger partial charge is 0.317 e. The van der Waals surface area contributed by atoms with Crippen LogP contribution in [0.15, 0.2) is 0 Å². The molecule has 7 heteroatoms. The van der Waals surface area contributed by atoms with Crippen molar-refractivity contribution in [3.63, 3.8) is 0 Å². The van der Waals surface area contributed by atoms with Gasteiger partial charge in [-0.3, -0.25) is 9.59 Å². The van der Waals surface area contributed by atoms with E-state index >= 15 is 0 Å². The molecule has 0 aliphatic rings. The van der Waals surface area contributed by atoms with E-state index in [9.17, 15) is 14.4 Å². The summed E-state index contributed by atoms with van der Waals surface area (Å²) in [6.45, 7) is 5.48. The summed E-state index contributed by atoms with van der Waals surface area (Å²) in [5, 5.41) is 11.4. The number of carbonyl (C=O) groups excluding carboxylic acids is 2. The summed E-state index contributed by atoms with van der Waals surface area (Å²) in [4.78, 5) is 34.6. The second-order valence-electron chi connectivity index (χ2n) is 4.30. The molecule has 0 aromatic carbocycles. The van der Waals surface area contributed by atoms with Crippen LogP contribution in [0.25, 0.3) is 0 Å². The SMILES string of the molecule is CCN(CC(C)C(=O)O)C(=O)NC(C)CC(N)=O. The third kappa shape index (κ3) is 6.07. The summed E-state index contributed by atoms with van der Waals surface area (Å²) in [5.74, 6) is -2.08. The number of carboxylic acids is 1. The largest absolute Gasteiger partial charge is 0.481 e. The lowest BCUT2D eigenvalue weighted by atomic mass is 10.2. The molecule has 3 amide bonds. The van der Waals surface area contributed by atoms with Gasteiger partial charge in [0.1, 0.15) is 0 Å². The van der Waals surface area contributed by atoms with Gasteiger partial charge in [-0.2, -0.15) is 0 Å². The molecule has 2 atom stereocenters. The van der Waals surface area contributed by atoms with Crippen LogP contribution in [0.5, 0.6) is 0 Å². The monoisotopic (exact) mass is 259 g/mol. The van der Waals surface area contributed by atoms with E-state index in [0.717, 1.165) is 0 Å². The van der Waals surface area contributed by atoms with Gasteiger partial charge in [0, 0.05) is 25.6 Å². The third-order valence-corrected chi connectivity index (χ3v) is 2.46. The average Bonchev–Trinajstić information content (AvgIpc) is 2.23. The van der Waals surface area contributed by atoms with Gasteiger partial charge in [0.05, 0.1) is 5.92 Å². The van der Waals surface area contributed by atoms with Crippen molar-refractivity contribution in [3.8, 4) is 0 Å². The molecule has 0 heterocycles. The van der Waals surface area contributed by atoms with E-state index in [2.05, 4.69) is 5.32 Å². The molecular formula is C11H21N3O4. The molecule has 0 aliphatic heterocycles. The maximum Gasteiger partial charge on any atom is 0.317 e. The Kier molecular flexibility index (Phi) is 6.77. The number of nitrogens with one attached hydrogen (secondary N) is 1. The second-order valence-corrected chi connectivity index (χ2v) is 4.30. The van der Waals surface area contributed by atoms with Crippen molar-refractivity contribution in [1.29, 1.82) is 0 Å². The summed E-state index contributed by atoms with van der Waals surface area (Å²) < 4.78 is 0. The van der Waals surface area contributed by atoms with E-state index in [1.165, 1.54) is 11.8 Å². The highest BCUT2D eigenvalue weighted by atomic mass is 16.4. The van der Waals surface area contributed by atoms with E-state index in [-0.39, 0.29) is 25.0 Å². The summed E-state index contributed by atoms with van der Waals surface area (Å²) >= 11 is 0. The van der Waals surface area contributed by atoms with Gasteiger partial charge in [0.25, 0.3) is 0 Å². The average molecular weight is 259 g/mol. The Morgan fingerprint density at radius 2 is 1.89 bits per heavy atom. The fraction of sp³-hybridized carbons (Fsp3) is 0.727. The summed E-state index contributed by atoms with van der Waals surface area (Å²) in [6, 6.07) is -0.761. The first-order valence-electron chi connectivity index (χ1n) is 5.84. The van der Waals surface area contributed by atoms with E-state index in [0.29, 0.717) is 6.54 Å². The van der Waals surface area contributed by atoms with Gasteiger partial charge < -0.3 is 21.1 Å².